The zero-order valence-electron chi connectivity index (χ0n) is 16.7. The van der Waals surface area contributed by atoms with Gasteiger partial charge in [-0.05, 0) is 17.2 Å². The van der Waals surface area contributed by atoms with Crippen molar-refractivity contribution in [3.05, 3.63) is 66.5 Å². The number of rotatable bonds is 8. The van der Waals surface area contributed by atoms with Crippen molar-refractivity contribution in [2.75, 3.05) is 11.4 Å². The van der Waals surface area contributed by atoms with Crippen LogP contribution in [0.2, 0.25) is 0 Å². The summed E-state index contributed by atoms with van der Waals surface area (Å²) in [6.45, 7) is 3.55. The van der Waals surface area contributed by atoms with Crippen LogP contribution < -0.4 is 9.47 Å². The molecule has 2 heterocycles. The molecule has 0 saturated heterocycles. The van der Waals surface area contributed by atoms with Crippen molar-refractivity contribution in [1.82, 2.24) is 4.98 Å². The fourth-order valence-corrected chi connectivity index (χ4v) is 4.37. The van der Waals surface area contributed by atoms with E-state index in [1.807, 2.05) is 36.7 Å². The molecule has 28 heavy (non-hydrogen) atoms. The lowest BCUT2D eigenvalue weighted by atomic mass is 9.95. The number of nitrogens with zero attached hydrogens (tertiary/aromatic N) is 3. The van der Waals surface area contributed by atoms with E-state index < -0.39 is 5.72 Å². The molecule has 0 amide bonds. The van der Waals surface area contributed by atoms with Gasteiger partial charge in [-0.3, -0.25) is 0 Å². The number of anilines is 1. The van der Waals surface area contributed by atoms with Gasteiger partial charge in [-0.2, -0.15) is 0 Å². The number of aliphatic hydroxyl groups is 1. The molecule has 0 saturated carbocycles. The molecule has 3 aromatic rings. The molecule has 4 nitrogen and oxygen atoms in total. The van der Waals surface area contributed by atoms with Crippen LogP contribution in [-0.2, 0) is 12.3 Å². The number of benzene rings is 2. The van der Waals surface area contributed by atoms with E-state index in [1.165, 1.54) is 32.1 Å². The summed E-state index contributed by atoms with van der Waals surface area (Å²) in [7, 11) is 0. The molecule has 0 bridgehead atoms. The fourth-order valence-electron chi connectivity index (χ4n) is 4.37. The van der Waals surface area contributed by atoms with Crippen LogP contribution in [0.3, 0.4) is 0 Å². The van der Waals surface area contributed by atoms with Crippen molar-refractivity contribution in [3.63, 3.8) is 0 Å². The number of hydrogen-bond donors (Lipinski definition) is 1. The van der Waals surface area contributed by atoms with Gasteiger partial charge in [-0.1, -0.05) is 86.5 Å². The maximum Gasteiger partial charge on any atom is 0.396 e. The Hall–Kier alpha value is -2.46. The quantitative estimate of drug-likeness (QED) is 0.463. The van der Waals surface area contributed by atoms with Crippen LogP contribution in [0.5, 0.6) is 0 Å². The first-order valence-electron chi connectivity index (χ1n) is 10.6. The lowest BCUT2D eigenvalue weighted by Crippen LogP contribution is -2.46. The van der Waals surface area contributed by atoms with E-state index in [1.54, 1.807) is 0 Å². The summed E-state index contributed by atoms with van der Waals surface area (Å²) in [6.07, 6.45) is 11.2. The van der Waals surface area contributed by atoms with Gasteiger partial charge in [0.05, 0.1) is 12.7 Å². The van der Waals surface area contributed by atoms with Crippen LogP contribution in [0.1, 0.15) is 51.0 Å². The van der Waals surface area contributed by atoms with Gasteiger partial charge in [-0.15, -0.1) is 0 Å². The Labute approximate surface area is 167 Å². The van der Waals surface area contributed by atoms with Crippen LogP contribution >= 0.6 is 0 Å². The van der Waals surface area contributed by atoms with E-state index in [4.69, 9.17) is 0 Å². The number of aromatic nitrogens is 2. The second kappa shape index (κ2) is 8.27. The standard InChI is InChI=1S/C24H30N3O/c1-2-3-4-5-6-9-18-27-23-25-16-11-17-26(23)19-24(27,28)22-15-10-13-20-12-7-8-14-21(20)22/h7-8,10-17,28H,2-6,9,18-19H2,1H3/q+1/t24-/m1/s1. The van der Waals surface area contributed by atoms with Gasteiger partial charge in [-0.25, -0.2) is 9.47 Å². The first-order chi connectivity index (χ1) is 13.7. The highest BCUT2D eigenvalue weighted by molar-refractivity contribution is 5.86. The third kappa shape index (κ3) is 3.49. The van der Waals surface area contributed by atoms with Crippen molar-refractivity contribution in [3.8, 4) is 0 Å². The number of hydrogen-bond acceptors (Lipinski definition) is 3. The molecule has 1 aromatic heterocycles. The molecule has 0 aliphatic carbocycles. The second-order valence-electron chi connectivity index (χ2n) is 7.81. The lowest BCUT2D eigenvalue weighted by molar-refractivity contribution is -0.685. The third-order valence-electron chi connectivity index (χ3n) is 5.83. The highest BCUT2D eigenvalue weighted by Gasteiger charge is 2.51. The zero-order valence-corrected chi connectivity index (χ0v) is 16.7. The predicted molar refractivity (Wildman–Crippen MR) is 113 cm³/mol. The summed E-state index contributed by atoms with van der Waals surface area (Å²) in [5.41, 5.74) is -0.117. The summed E-state index contributed by atoms with van der Waals surface area (Å²) < 4.78 is 2.07. The van der Waals surface area contributed by atoms with E-state index in [9.17, 15) is 5.11 Å². The molecule has 2 aromatic carbocycles. The van der Waals surface area contributed by atoms with Crippen LogP contribution in [0.4, 0.5) is 5.95 Å². The van der Waals surface area contributed by atoms with Gasteiger partial charge in [0, 0.05) is 11.6 Å². The molecule has 1 N–H and O–H groups in total. The molecule has 0 fully saturated rings. The maximum absolute atomic E-state index is 11.9. The van der Waals surface area contributed by atoms with E-state index in [-0.39, 0.29) is 0 Å². The van der Waals surface area contributed by atoms with E-state index in [0.717, 1.165) is 35.2 Å². The van der Waals surface area contributed by atoms with Crippen LogP contribution in [0.15, 0.2) is 60.9 Å². The minimum Gasteiger partial charge on any atom is -0.353 e. The van der Waals surface area contributed by atoms with Gasteiger partial charge in [0.15, 0.2) is 0 Å². The Morgan fingerprint density at radius 2 is 1.79 bits per heavy atom. The van der Waals surface area contributed by atoms with Crippen LogP contribution in [0, 0.1) is 0 Å². The first kappa shape index (κ1) is 18.9. The molecule has 146 valence electrons. The number of unbranched alkanes of at least 4 members (excludes halogenated alkanes) is 5. The van der Waals surface area contributed by atoms with Crippen LogP contribution in [0.25, 0.3) is 10.8 Å². The van der Waals surface area contributed by atoms with E-state index in [2.05, 4.69) is 45.6 Å². The van der Waals surface area contributed by atoms with Crippen molar-refractivity contribution >= 4 is 16.7 Å². The molecule has 1 aliphatic rings. The molecule has 4 heteroatoms. The van der Waals surface area contributed by atoms with Gasteiger partial charge < -0.3 is 5.11 Å². The smallest absolute Gasteiger partial charge is 0.353 e. The van der Waals surface area contributed by atoms with Crippen LogP contribution in [-0.4, -0.2) is 16.6 Å². The Morgan fingerprint density at radius 1 is 1.00 bits per heavy atom. The van der Waals surface area contributed by atoms with E-state index >= 15 is 0 Å². The van der Waals surface area contributed by atoms with Crippen molar-refractivity contribution < 1.29 is 9.67 Å². The minimum absolute atomic E-state index is 0.500. The minimum atomic E-state index is -1.08. The summed E-state index contributed by atoms with van der Waals surface area (Å²) in [5, 5.41) is 14.2. The molecule has 1 atom stereocenters. The van der Waals surface area contributed by atoms with Crippen molar-refractivity contribution in [2.24, 2.45) is 0 Å². The van der Waals surface area contributed by atoms with Crippen molar-refractivity contribution in [1.29, 1.82) is 0 Å². The van der Waals surface area contributed by atoms with Gasteiger partial charge >= 0.3 is 5.95 Å². The fraction of sp³-hybridized carbons (Fsp3) is 0.417. The first-order valence-corrected chi connectivity index (χ1v) is 10.6. The largest absolute Gasteiger partial charge is 0.396 e. The average molecular weight is 377 g/mol. The Morgan fingerprint density at radius 3 is 2.68 bits per heavy atom. The summed E-state index contributed by atoms with van der Waals surface area (Å²) in [5.74, 6) is 0.853. The SMILES string of the molecule is CCCCCCCCN1c2nccc[n+]2C[C@@]1(O)c1cccc2ccccc12. The Kier molecular flexibility index (Phi) is 5.58. The molecule has 4 rings (SSSR count). The molecular weight excluding hydrogens is 346 g/mol. The summed E-state index contributed by atoms with van der Waals surface area (Å²) in [4.78, 5) is 6.70. The molecular formula is C24H30N3O+. The molecule has 1 aliphatic heterocycles. The van der Waals surface area contributed by atoms with Gasteiger partial charge in [0.25, 0.3) is 0 Å². The third-order valence-corrected chi connectivity index (χ3v) is 5.83. The molecule has 0 unspecified atom stereocenters. The predicted octanol–water partition coefficient (Wildman–Crippen LogP) is 4.55. The van der Waals surface area contributed by atoms with Crippen molar-refractivity contribution in [2.45, 2.75) is 57.7 Å². The zero-order chi connectivity index (χ0) is 19.4. The highest BCUT2D eigenvalue weighted by Crippen LogP contribution is 2.37. The highest BCUT2D eigenvalue weighted by atomic mass is 16.3. The monoisotopic (exact) mass is 376 g/mol. The van der Waals surface area contributed by atoms with E-state index in [0.29, 0.717) is 6.54 Å². The Bertz CT molecular complexity index is 937. The molecule has 0 spiro atoms. The van der Waals surface area contributed by atoms with Gasteiger partial charge in [0.2, 0.25) is 5.72 Å². The Balaban J connectivity index is 1.64. The summed E-state index contributed by atoms with van der Waals surface area (Å²) in [6, 6.07) is 16.4. The topological polar surface area (TPSA) is 40.2 Å². The average Bonchev–Trinajstić information content (AvgIpc) is 3.02. The summed E-state index contributed by atoms with van der Waals surface area (Å²) >= 11 is 0. The van der Waals surface area contributed by atoms with Gasteiger partial charge in [0.1, 0.15) is 12.7 Å². The maximum atomic E-state index is 11.9. The lowest BCUT2D eigenvalue weighted by Gasteiger charge is -2.29. The molecule has 0 radical (unpaired) electrons. The second-order valence-corrected chi connectivity index (χ2v) is 7.81. The normalized spacial score (nSPS) is 18.6. The number of fused-ring (bicyclic) bond motifs is 2.